The van der Waals surface area contributed by atoms with Crippen molar-refractivity contribution in [2.24, 2.45) is 5.92 Å². The van der Waals surface area contributed by atoms with Gasteiger partial charge in [-0.2, -0.15) is 0 Å². The van der Waals surface area contributed by atoms with Gasteiger partial charge in [0.25, 0.3) is 5.56 Å². The summed E-state index contributed by atoms with van der Waals surface area (Å²) in [7, 11) is 0. The maximum atomic E-state index is 12.2. The Morgan fingerprint density at radius 1 is 1.17 bits per heavy atom. The summed E-state index contributed by atoms with van der Waals surface area (Å²) in [5, 5.41) is 3.43. The zero-order chi connectivity index (χ0) is 20.8. The van der Waals surface area contributed by atoms with Crippen molar-refractivity contribution in [2.45, 2.75) is 26.4 Å². The first-order chi connectivity index (χ1) is 14.5. The van der Waals surface area contributed by atoms with E-state index in [-0.39, 0.29) is 23.5 Å². The second-order valence-corrected chi connectivity index (χ2v) is 8.50. The van der Waals surface area contributed by atoms with Crippen LogP contribution >= 0.6 is 11.3 Å². The number of nitrogens with zero attached hydrogens (tertiary/aromatic N) is 2. The van der Waals surface area contributed by atoms with E-state index in [0.29, 0.717) is 29.7 Å². The van der Waals surface area contributed by atoms with E-state index in [4.69, 9.17) is 4.74 Å². The third-order valence-corrected chi connectivity index (χ3v) is 6.40. The molecular weight excluding hydrogens is 400 g/mol. The van der Waals surface area contributed by atoms with Gasteiger partial charge in [-0.05, 0) is 49.2 Å². The first kappa shape index (κ1) is 18.7. The summed E-state index contributed by atoms with van der Waals surface area (Å²) in [6, 6.07) is 9.64. The molecule has 30 heavy (non-hydrogen) atoms. The molecule has 2 aromatic heterocycles. The second-order valence-electron chi connectivity index (χ2n) is 7.65. The minimum atomic E-state index is -0.142. The van der Waals surface area contributed by atoms with Crippen LogP contribution in [0.25, 0.3) is 32.2 Å². The van der Waals surface area contributed by atoms with E-state index in [0.717, 1.165) is 27.1 Å². The van der Waals surface area contributed by atoms with Crippen LogP contribution < -0.4 is 15.6 Å². The van der Waals surface area contributed by atoms with Crippen LogP contribution in [0.3, 0.4) is 0 Å². The Hall–Kier alpha value is -3.26. The summed E-state index contributed by atoms with van der Waals surface area (Å²) >= 11 is 1.53. The number of aromatic nitrogens is 3. The number of ether oxygens (including phenoxy) is 1. The fourth-order valence-electron chi connectivity index (χ4n) is 3.88. The first-order valence-electron chi connectivity index (χ1n) is 9.79. The molecule has 5 rings (SSSR count). The molecule has 1 saturated heterocycles. The summed E-state index contributed by atoms with van der Waals surface area (Å²) in [4.78, 5) is 35.4. The number of aromatic amines is 1. The van der Waals surface area contributed by atoms with Crippen LogP contribution in [0, 0.1) is 12.8 Å². The Morgan fingerprint density at radius 3 is 2.80 bits per heavy atom. The normalized spacial score (nSPS) is 17.4. The molecule has 1 fully saturated rings. The maximum absolute atomic E-state index is 12.2. The first-order valence-corrected chi connectivity index (χ1v) is 10.7. The van der Waals surface area contributed by atoms with Crippen molar-refractivity contribution in [1.29, 1.82) is 0 Å². The molecule has 0 bridgehead atoms. The molecule has 1 aliphatic heterocycles. The third-order valence-electron chi connectivity index (χ3n) is 5.54. The molecule has 1 aliphatic rings. The third kappa shape index (κ3) is 3.33. The van der Waals surface area contributed by atoms with Crippen LogP contribution in [0.5, 0.6) is 5.75 Å². The Kier molecular flexibility index (Phi) is 4.51. The molecule has 1 amide bonds. The average Bonchev–Trinajstić information content (AvgIpc) is 3.36. The molecule has 0 saturated carbocycles. The number of carbonyl (C=O) groups is 1. The predicted octanol–water partition coefficient (Wildman–Crippen LogP) is 3.41. The van der Waals surface area contributed by atoms with Crippen LogP contribution in [0.4, 0.5) is 0 Å². The fraction of sp³-hybridized carbons (Fsp3) is 0.273. The van der Waals surface area contributed by atoms with E-state index in [1.807, 2.05) is 31.2 Å². The highest BCUT2D eigenvalue weighted by Crippen LogP contribution is 2.36. The highest BCUT2D eigenvalue weighted by atomic mass is 32.1. The number of benzene rings is 2. The molecule has 0 aliphatic carbocycles. The maximum Gasteiger partial charge on any atom is 0.258 e. The number of H-pyrrole nitrogens is 1. The Labute approximate surface area is 176 Å². The molecule has 8 heteroatoms. The molecule has 7 nitrogen and oxygen atoms in total. The lowest BCUT2D eigenvalue weighted by Gasteiger charge is -2.20. The van der Waals surface area contributed by atoms with Gasteiger partial charge in [-0.3, -0.25) is 9.59 Å². The lowest BCUT2D eigenvalue weighted by molar-refractivity contribution is -0.119. The van der Waals surface area contributed by atoms with Crippen molar-refractivity contribution in [3.63, 3.8) is 0 Å². The van der Waals surface area contributed by atoms with Gasteiger partial charge in [0.15, 0.2) is 0 Å². The van der Waals surface area contributed by atoms with Crippen molar-refractivity contribution in [1.82, 2.24) is 20.3 Å². The Balaban J connectivity index is 1.56. The van der Waals surface area contributed by atoms with Crippen molar-refractivity contribution < 1.29 is 9.53 Å². The van der Waals surface area contributed by atoms with Gasteiger partial charge in [0, 0.05) is 18.9 Å². The summed E-state index contributed by atoms with van der Waals surface area (Å²) in [6.45, 7) is 4.40. The van der Waals surface area contributed by atoms with Crippen LogP contribution in [0.15, 0.2) is 40.6 Å². The summed E-state index contributed by atoms with van der Waals surface area (Å²) in [6.07, 6.45) is 0.376. The number of thiazole rings is 1. The molecule has 2 aromatic carbocycles. The van der Waals surface area contributed by atoms with Gasteiger partial charge in [0.1, 0.15) is 17.7 Å². The minimum absolute atomic E-state index is 0.0704. The number of nitrogens with one attached hydrogen (secondary N) is 2. The van der Waals surface area contributed by atoms with Crippen molar-refractivity contribution >= 4 is 38.4 Å². The van der Waals surface area contributed by atoms with Crippen LogP contribution in [-0.4, -0.2) is 33.5 Å². The summed E-state index contributed by atoms with van der Waals surface area (Å²) < 4.78 is 7.29. The molecule has 152 valence electrons. The van der Waals surface area contributed by atoms with Gasteiger partial charge < -0.3 is 15.0 Å². The Morgan fingerprint density at radius 2 is 2.00 bits per heavy atom. The molecule has 4 aromatic rings. The summed E-state index contributed by atoms with van der Waals surface area (Å²) in [5.41, 5.74) is 5.05. The van der Waals surface area contributed by atoms with Crippen LogP contribution in [-0.2, 0) is 4.79 Å². The van der Waals surface area contributed by atoms with Crippen LogP contribution in [0.1, 0.15) is 19.2 Å². The number of hydrogen-bond acceptors (Lipinski definition) is 6. The molecule has 0 spiro atoms. The standard InChI is InChI=1S/C22H20N4O3S/c1-11(15-8-20(27)23-9-15)29-19-7-14(6-18-21(19)30-10-24-18)13-3-4-16-17(5-13)25-12(2)26-22(16)28/h3-7,10-11,15H,8-9H2,1-2H3,(H,23,27)(H,25,26,28). The highest BCUT2D eigenvalue weighted by Gasteiger charge is 2.28. The van der Waals surface area contributed by atoms with Crippen molar-refractivity contribution in [2.75, 3.05) is 6.54 Å². The molecule has 2 unspecified atom stereocenters. The fourth-order valence-corrected chi connectivity index (χ4v) is 4.61. The number of fused-ring (bicyclic) bond motifs is 2. The molecule has 3 heterocycles. The monoisotopic (exact) mass is 420 g/mol. The van der Waals surface area contributed by atoms with Gasteiger partial charge in [-0.1, -0.05) is 6.07 Å². The molecular formula is C22H20N4O3S. The molecule has 2 atom stereocenters. The second kappa shape index (κ2) is 7.21. The number of aryl methyl sites for hydroxylation is 1. The van der Waals surface area contributed by atoms with Gasteiger partial charge in [0.05, 0.1) is 26.6 Å². The van der Waals surface area contributed by atoms with E-state index in [9.17, 15) is 9.59 Å². The largest absolute Gasteiger partial charge is 0.489 e. The van der Waals surface area contributed by atoms with E-state index < -0.39 is 0 Å². The van der Waals surface area contributed by atoms with Crippen molar-refractivity contribution in [3.8, 4) is 16.9 Å². The number of carbonyl (C=O) groups excluding carboxylic acids is 1. The topological polar surface area (TPSA) is 97.0 Å². The zero-order valence-electron chi connectivity index (χ0n) is 16.6. The highest BCUT2D eigenvalue weighted by molar-refractivity contribution is 7.17. The number of amides is 1. The van der Waals surface area contributed by atoms with Gasteiger partial charge >= 0.3 is 0 Å². The predicted molar refractivity (Wildman–Crippen MR) is 117 cm³/mol. The summed E-state index contributed by atoms with van der Waals surface area (Å²) in [5.74, 6) is 1.55. The minimum Gasteiger partial charge on any atom is -0.489 e. The quantitative estimate of drug-likeness (QED) is 0.527. The van der Waals surface area contributed by atoms with Gasteiger partial charge in [0.2, 0.25) is 5.91 Å². The zero-order valence-corrected chi connectivity index (χ0v) is 17.4. The van der Waals surface area contributed by atoms with E-state index >= 15 is 0 Å². The number of hydrogen-bond donors (Lipinski definition) is 2. The van der Waals surface area contributed by atoms with E-state index in [2.05, 4.69) is 20.3 Å². The van der Waals surface area contributed by atoms with Crippen molar-refractivity contribution in [3.05, 3.63) is 52.0 Å². The lowest BCUT2D eigenvalue weighted by atomic mass is 10.0. The van der Waals surface area contributed by atoms with E-state index in [1.54, 1.807) is 18.5 Å². The molecule has 0 radical (unpaired) electrons. The average molecular weight is 420 g/mol. The van der Waals surface area contributed by atoms with Crippen LogP contribution in [0.2, 0.25) is 0 Å². The number of rotatable bonds is 4. The smallest absolute Gasteiger partial charge is 0.258 e. The van der Waals surface area contributed by atoms with E-state index in [1.165, 1.54) is 11.3 Å². The lowest BCUT2D eigenvalue weighted by Crippen LogP contribution is -2.25. The SMILES string of the molecule is Cc1nc2cc(-c3cc(OC(C)C4CNC(=O)C4)c4scnc4c3)ccc2c(=O)[nH]1. The molecule has 2 N–H and O–H groups in total. The van der Waals surface area contributed by atoms with Gasteiger partial charge in [-0.15, -0.1) is 11.3 Å². The Bertz CT molecular complexity index is 1340. The van der Waals surface area contributed by atoms with Gasteiger partial charge in [-0.25, -0.2) is 9.97 Å².